The average Bonchev–Trinajstić information content (AvgIpc) is 3.59. The molecule has 4 aromatic rings. The summed E-state index contributed by atoms with van der Waals surface area (Å²) in [5, 5.41) is 4.88. The van der Waals surface area contributed by atoms with Crippen molar-refractivity contribution >= 4 is 46.2 Å². The summed E-state index contributed by atoms with van der Waals surface area (Å²) in [7, 11) is 0. The maximum atomic E-state index is 6.45. The lowest BCUT2D eigenvalue weighted by atomic mass is 10.0. The largest absolute Gasteiger partial charge is 0.459 e. The Hall–Kier alpha value is -3.26. The first kappa shape index (κ1) is 21.3. The average molecular weight is 510 g/mol. The van der Waals surface area contributed by atoms with Crippen molar-refractivity contribution in [3.63, 3.8) is 0 Å². The second-order valence-electron chi connectivity index (χ2n) is 7.84. The number of benzene rings is 2. The lowest BCUT2D eigenvalue weighted by Crippen LogP contribution is -2.29. The van der Waals surface area contributed by atoms with Gasteiger partial charge in [0.15, 0.2) is 16.6 Å². The van der Waals surface area contributed by atoms with Gasteiger partial charge in [-0.05, 0) is 60.7 Å². The van der Waals surface area contributed by atoms with Gasteiger partial charge in [0.25, 0.3) is 0 Å². The quantitative estimate of drug-likeness (QED) is 0.312. The molecule has 170 valence electrons. The second-order valence-corrected chi connectivity index (χ2v) is 9.01. The fraction of sp³-hybridized carbons (Fsp3) is 0.120. The summed E-state index contributed by atoms with van der Waals surface area (Å²) in [5.74, 6) is 2.69. The number of pyridine rings is 1. The molecule has 1 fully saturated rings. The van der Waals surface area contributed by atoms with Gasteiger partial charge in [-0.3, -0.25) is 4.98 Å². The molecular weight excluding hydrogens is 493 g/mol. The molecule has 0 amide bonds. The molecule has 0 radical (unpaired) electrons. The van der Waals surface area contributed by atoms with E-state index in [4.69, 9.17) is 49.3 Å². The van der Waals surface area contributed by atoms with Crippen LogP contribution in [0.15, 0.2) is 77.3 Å². The second kappa shape index (κ2) is 8.51. The molecule has 0 bridgehead atoms. The van der Waals surface area contributed by atoms with Crippen LogP contribution in [0.2, 0.25) is 10.0 Å². The molecule has 1 saturated heterocycles. The predicted octanol–water partition coefficient (Wildman–Crippen LogP) is 6.55. The van der Waals surface area contributed by atoms with Crippen molar-refractivity contribution in [2.75, 3.05) is 11.7 Å². The summed E-state index contributed by atoms with van der Waals surface area (Å²) in [6, 6.07) is 20.3. The minimum atomic E-state index is -0.311. The van der Waals surface area contributed by atoms with Gasteiger partial charge in [0, 0.05) is 23.5 Å². The zero-order valence-corrected chi connectivity index (χ0v) is 19.9. The molecule has 2 aromatic carbocycles. The molecule has 2 aromatic heterocycles. The highest BCUT2D eigenvalue weighted by Crippen LogP contribution is 2.46. The molecule has 2 aliphatic heterocycles. The van der Waals surface area contributed by atoms with Gasteiger partial charge in [-0.25, -0.2) is 0 Å². The maximum absolute atomic E-state index is 6.45. The molecule has 9 heteroatoms. The van der Waals surface area contributed by atoms with E-state index >= 15 is 0 Å². The number of aromatic nitrogens is 1. The first-order valence-corrected chi connectivity index (χ1v) is 11.7. The lowest BCUT2D eigenvalue weighted by Gasteiger charge is -2.26. The summed E-state index contributed by atoms with van der Waals surface area (Å²) in [6.45, 7) is 0.198. The number of anilines is 1. The van der Waals surface area contributed by atoms with Crippen molar-refractivity contribution in [3.05, 3.63) is 94.4 Å². The van der Waals surface area contributed by atoms with E-state index in [1.807, 2.05) is 65.6 Å². The third-order valence-corrected chi connectivity index (χ3v) is 7.00. The van der Waals surface area contributed by atoms with E-state index in [-0.39, 0.29) is 18.9 Å². The number of nitrogens with one attached hydrogen (secondary N) is 1. The van der Waals surface area contributed by atoms with Crippen molar-refractivity contribution in [2.45, 2.75) is 12.1 Å². The third-order valence-electron chi connectivity index (χ3n) is 5.87. The van der Waals surface area contributed by atoms with E-state index in [0.717, 1.165) is 16.9 Å². The van der Waals surface area contributed by atoms with Crippen LogP contribution in [0.5, 0.6) is 11.5 Å². The normalized spacial score (nSPS) is 18.9. The number of fused-ring (bicyclic) bond motifs is 1. The van der Waals surface area contributed by atoms with E-state index in [1.54, 1.807) is 12.3 Å². The number of ether oxygens (including phenoxy) is 2. The van der Waals surface area contributed by atoms with Crippen LogP contribution in [0.1, 0.15) is 23.5 Å². The monoisotopic (exact) mass is 509 g/mol. The Labute approximate surface area is 211 Å². The molecular formula is C25H17Cl2N3O3S. The molecule has 2 atom stereocenters. The van der Waals surface area contributed by atoms with E-state index in [9.17, 15) is 0 Å². The Balaban J connectivity index is 1.46. The van der Waals surface area contributed by atoms with Crippen LogP contribution >= 0.6 is 35.4 Å². The van der Waals surface area contributed by atoms with E-state index in [1.165, 1.54) is 0 Å². The number of thiocarbonyl (C=S) groups is 1. The van der Waals surface area contributed by atoms with Crippen molar-refractivity contribution < 1.29 is 13.9 Å². The molecule has 6 rings (SSSR count). The fourth-order valence-electron chi connectivity index (χ4n) is 4.31. The first-order chi connectivity index (χ1) is 16.6. The van der Waals surface area contributed by atoms with E-state index in [2.05, 4.69) is 10.3 Å². The first-order valence-electron chi connectivity index (χ1n) is 10.5. The minimum absolute atomic E-state index is 0.198. The van der Waals surface area contributed by atoms with Gasteiger partial charge in [0.2, 0.25) is 6.79 Å². The van der Waals surface area contributed by atoms with Crippen LogP contribution in [0.3, 0.4) is 0 Å². The molecule has 1 N–H and O–H groups in total. The SMILES string of the molecule is S=C1NC(c2ccccn2)C(c2ccc(-c3cccc(Cl)c3Cl)o2)N1c1ccc2c(c1)OCO2. The Bertz CT molecular complexity index is 1400. The molecule has 6 nitrogen and oxygen atoms in total. The fourth-order valence-corrected chi connectivity index (χ4v) is 5.05. The summed E-state index contributed by atoms with van der Waals surface area (Å²) in [5.41, 5.74) is 2.42. The van der Waals surface area contributed by atoms with Gasteiger partial charge >= 0.3 is 0 Å². The van der Waals surface area contributed by atoms with Crippen LogP contribution < -0.4 is 19.7 Å². The van der Waals surface area contributed by atoms with Crippen molar-refractivity contribution in [3.8, 4) is 22.8 Å². The summed E-state index contributed by atoms with van der Waals surface area (Å²) < 4.78 is 17.4. The maximum Gasteiger partial charge on any atom is 0.231 e. The Kier molecular flexibility index (Phi) is 5.32. The topological polar surface area (TPSA) is 59.8 Å². The van der Waals surface area contributed by atoms with Gasteiger partial charge < -0.3 is 24.1 Å². The number of rotatable bonds is 4. The third kappa shape index (κ3) is 3.57. The van der Waals surface area contributed by atoms with Gasteiger partial charge in [0.05, 0.1) is 21.8 Å². The Morgan fingerprint density at radius 1 is 0.971 bits per heavy atom. The smallest absolute Gasteiger partial charge is 0.231 e. The van der Waals surface area contributed by atoms with Crippen LogP contribution in [-0.4, -0.2) is 16.9 Å². The molecule has 0 aliphatic carbocycles. The molecule has 0 spiro atoms. The van der Waals surface area contributed by atoms with Crippen LogP contribution in [0.4, 0.5) is 5.69 Å². The van der Waals surface area contributed by atoms with Crippen molar-refractivity contribution in [1.29, 1.82) is 0 Å². The summed E-state index contributed by atoms with van der Waals surface area (Å²) >= 11 is 18.5. The van der Waals surface area contributed by atoms with Crippen LogP contribution in [-0.2, 0) is 0 Å². The zero-order chi connectivity index (χ0) is 23.2. The highest BCUT2D eigenvalue weighted by Gasteiger charge is 2.43. The van der Waals surface area contributed by atoms with Crippen LogP contribution in [0, 0.1) is 0 Å². The van der Waals surface area contributed by atoms with Crippen molar-refractivity contribution in [1.82, 2.24) is 10.3 Å². The number of furan rings is 1. The molecule has 34 heavy (non-hydrogen) atoms. The Morgan fingerprint density at radius 3 is 2.71 bits per heavy atom. The number of halogens is 2. The summed E-state index contributed by atoms with van der Waals surface area (Å²) in [6.07, 6.45) is 1.76. The Morgan fingerprint density at radius 2 is 1.85 bits per heavy atom. The van der Waals surface area contributed by atoms with Gasteiger partial charge in [-0.15, -0.1) is 0 Å². The van der Waals surface area contributed by atoms with Gasteiger partial charge in [-0.2, -0.15) is 0 Å². The number of hydrogen-bond donors (Lipinski definition) is 1. The highest BCUT2D eigenvalue weighted by atomic mass is 35.5. The van der Waals surface area contributed by atoms with Crippen molar-refractivity contribution in [2.24, 2.45) is 0 Å². The summed E-state index contributed by atoms with van der Waals surface area (Å²) in [4.78, 5) is 6.59. The van der Waals surface area contributed by atoms with Gasteiger partial charge in [-0.1, -0.05) is 35.3 Å². The standard InChI is InChI=1S/C25H17Cl2N3O3S/c26-16-5-3-4-15(22(16)27)18-9-10-20(33-18)24-23(17-6-1-2-11-28-17)29-25(34)30(24)14-7-8-19-21(12-14)32-13-31-19/h1-12,23-24H,13H2,(H,29,34). The highest BCUT2D eigenvalue weighted by molar-refractivity contribution is 7.80. The minimum Gasteiger partial charge on any atom is -0.459 e. The zero-order valence-electron chi connectivity index (χ0n) is 17.6. The van der Waals surface area contributed by atoms with E-state index < -0.39 is 0 Å². The molecule has 4 heterocycles. The number of hydrogen-bond acceptors (Lipinski definition) is 5. The van der Waals surface area contributed by atoms with Crippen LogP contribution in [0.25, 0.3) is 11.3 Å². The van der Waals surface area contributed by atoms with E-state index in [0.29, 0.717) is 38.2 Å². The molecule has 2 aliphatic rings. The molecule has 0 saturated carbocycles. The molecule has 2 unspecified atom stereocenters. The lowest BCUT2D eigenvalue weighted by molar-refractivity contribution is 0.174. The van der Waals surface area contributed by atoms with Gasteiger partial charge in [0.1, 0.15) is 17.6 Å². The number of nitrogens with zero attached hydrogens (tertiary/aromatic N) is 2. The predicted molar refractivity (Wildman–Crippen MR) is 135 cm³/mol.